The Labute approximate surface area is 136 Å². The van der Waals surface area contributed by atoms with Crippen molar-refractivity contribution in [1.29, 1.82) is 0 Å². The van der Waals surface area contributed by atoms with E-state index in [1.807, 2.05) is 0 Å². The van der Waals surface area contributed by atoms with Crippen molar-refractivity contribution in [2.45, 2.75) is 17.9 Å². The van der Waals surface area contributed by atoms with Gasteiger partial charge in [-0.1, -0.05) is 18.2 Å². The number of halogens is 3. The third kappa shape index (κ3) is 2.90. The molecule has 3 aromatic rings. The largest absolute Gasteiger partial charge is 0.459 e. The van der Waals surface area contributed by atoms with Gasteiger partial charge in [0.15, 0.2) is 17.5 Å². The highest BCUT2D eigenvalue weighted by molar-refractivity contribution is 7.89. The zero-order chi connectivity index (χ0) is 17.5. The highest BCUT2D eigenvalue weighted by Crippen LogP contribution is 2.26. The predicted octanol–water partition coefficient (Wildman–Crippen LogP) is 3.89. The molecule has 0 aliphatic heterocycles. The maximum absolute atomic E-state index is 13.7. The number of hydrogen-bond donors (Lipinski definition) is 1. The first-order chi connectivity index (χ1) is 11.3. The van der Waals surface area contributed by atoms with E-state index in [1.54, 1.807) is 30.3 Å². The van der Waals surface area contributed by atoms with Gasteiger partial charge in [-0.3, -0.25) is 0 Å². The molecule has 2 aromatic carbocycles. The van der Waals surface area contributed by atoms with Crippen molar-refractivity contribution in [1.82, 2.24) is 4.72 Å². The Balaban J connectivity index is 1.93. The van der Waals surface area contributed by atoms with E-state index in [4.69, 9.17) is 4.42 Å². The molecule has 0 aliphatic carbocycles. The Morgan fingerprint density at radius 1 is 1.04 bits per heavy atom. The summed E-state index contributed by atoms with van der Waals surface area (Å²) in [4.78, 5) is -0.968. The van der Waals surface area contributed by atoms with Gasteiger partial charge >= 0.3 is 0 Å². The quantitative estimate of drug-likeness (QED) is 0.723. The molecule has 0 amide bonds. The van der Waals surface area contributed by atoms with Gasteiger partial charge in [-0.05, 0) is 31.2 Å². The number of fused-ring (bicyclic) bond motifs is 1. The topological polar surface area (TPSA) is 59.3 Å². The third-order valence-corrected chi connectivity index (χ3v) is 5.05. The Hall–Kier alpha value is -2.32. The van der Waals surface area contributed by atoms with E-state index in [0.717, 1.165) is 5.39 Å². The smallest absolute Gasteiger partial charge is 0.244 e. The van der Waals surface area contributed by atoms with Gasteiger partial charge in [-0.25, -0.2) is 26.3 Å². The summed E-state index contributed by atoms with van der Waals surface area (Å²) < 4.78 is 72.1. The molecule has 3 rings (SSSR count). The van der Waals surface area contributed by atoms with E-state index in [1.165, 1.54) is 6.92 Å². The molecular weight excluding hydrogens is 343 g/mol. The highest BCUT2D eigenvalue weighted by Gasteiger charge is 2.26. The number of benzene rings is 2. The van der Waals surface area contributed by atoms with Crippen LogP contribution in [0.2, 0.25) is 0 Å². The van der Waals surface area contributed by atoms with Crippen LogP contribution in [0.15, 0.2) is 51.8 Å². The summed E-state index contributed by atoms with van der Waals surface area (Å²) in [6, 6.07) is 9.10. The van der Waals surface area contributed by atoms with Crippen molar-refractivity contribution in [3.05, 3.63) is 65.7 Å². The molecule has 126 valence electrons. The van der Waals surface area contributed by atoms with Crippen LogP contribution < -0.4 is 4.72 Å². The molecule has 8 heteroatoms. The average molecular weight is 355 g/mol. The molecule has 0 bridgehead atoms. The van der Waals surface area contributed by atoms with Crippen LogP contribution in [-0.4, -0.2) is 8.42 Å². The number of rotatable bonds is 4. The SMILES string of the molecule is C[C@H](NS(=O)(=O)c1ccc(F)c(F)c1F)c1cc2ccccc2o1. The molecule has 0 fully saturated rings. The van der Waals surface area contributed by atoms with Gasteiger partial charge in [-0.2, -0.15) is 0 Å². The lowest BCUT2D eigenvalue weighted by Crippen LogP contribution is -2.27. The van der Waals surface area contributed by atoms with Crippen LogP contribution in [0.4, 0.5) is 13.2 Å². The number of hydrogen-bond acceptors (Lipinski definition) is 3. The van der Waals surface area contributed by atoms with Crippen LogP contribution in [0.3, 0.4) is 0 Å². The molecule has 24 heavy (non-hydrogen) atoms. The van der Waals surface area contributed by atoms with Crippen LogP contribution in [0, 0.1) is 17.5 Å². The minimum atomic E-state index is -4.41. The minimum absolute atomic E-state index is 0.308. The van der Waals surface area contributed by atoms with Gasteiger partial charge < -0.3 is 4.42 Å². The highest BCUT2D eigenvalue weighted by atomic mass is 32.2. The molecule has 0 saturated carbocycles. The normalized spacial score (nSPS) is 13.3. The van der Waals surface area contributed by atoms with E-state index >= 15 is 0 Å². The Kier molecular flexibility index (Phi) is 4.10. The fourth-order valence-electron chi connectivity index (χ4n) is 2.29. The summed E-state index contributed by atoms with van der Waals surface area (Å²) in [5.41, 5.74) is 0.567. The lowest BCUT2D eigenvalue weighted by Gasteiger charge is -2.13. The van der Waals surface area contributed by atoms with Crippen LogP contribution in [0.5, 0.6) is 0 Å². The van der Waals surface area contributed by atoms with Gasteiger partial charge in [-0.15, -0.1) is 0 Å². The number of furan rings is 1. The van der Waals surface area contributed by atoms with E-state index in [2.05, 4.69) is 4.72 Å². The van der Waals surface area contributed by atoms with Crippen molar-refractivity contribution >= 4 is 21.0 Å². The van der Waals surface area contributed by atoms with Crippen molar-refractivity contribution in [3.63, 3.8) is 0 Å². The summed E-state index contributed by atoms with van der Waals surface area (Å²) in [6.07, 6.45) is 0. The van der Waals surface area contributed by atoms with Crippen molar-refractivity contribution in [2.24, 2.45) is 0 Å². The Morgan fingerprint density at radius 2 is 1.75 bits per heavy atom. The molecule has 0 saturated heterocycles. The molecule has 0 radical (unpaired) electrons. The van der Waals surface area contributed by atoms with Gasteiger partial charge in [0.05, 0.1) is 6.04 Å². The fourth-order valence-corrected chi connectivity index (χ4v) is 3.57. The fraction of sp³-hybridized carbons (Fsp3) is 0.125. The lowest BCUT2D eigenvalue weighted by atomic mass is 10.2. The number of nitrogens with one attached hydrogen (secondary N) is 1. The summed E-state index contributed by atoms with van der Waals surface area (Å²) >= 11 is 0. The predicted molar refractivity (Wildman–Crippen MR) is 81.3 cm³/mol. The van der Waals surface area contributed by atoms with E-state index in [0.29, 0.717) is 23.5 Å². The first kappa shape index (κ1) is 16.5. The molecule has 4 nitrogen and oxygen atoms in total. The van der Waals surface area contributed by atoms with Gasteiger partial charge in [0.1, 0.15) is 16.2 Å². The van der Waals surface area contributed by atoms with Gasteiger partial charge in [0, 0.05) is 5.39 Å². The zero-order valence-corrected chi connectivity index (χ0v) is 13.2. The molecular formula is C16H12F3NO3S. The first-order valence-corrected chi connectivity index (χ1v) is 8.42. The van der Waals surface area contributed by atoms with Crippen LogP contribution in [0.25, 0.3) is 11.0 Å². The zero-order valence-electron chi connectivity index (χ0n) is 12.4. The summed E-state index contributed by atoms with van der Waals surface area (Å²) in [5.74, 6) is -4.76. The molecule has 0 unspecified atom stereocenters. The molecule has 1 aromatic heterocycles. The van der Waals surface area contributed by atoms with E-state index < -0.39 is 38.4 Å². The molecule has 1 heterocycles. The molecule has 0 spiro atoms. The first-order valence-electron chi connectivity index (χ1n) is 6.94. The van der Waals surface area contributed by atoms with Crippen LogP contribution in [0.1, 0.15) is 18.7 Å². The summed E-state index contributed by atoms with van der Waals surface area (Å²) in [5, 5.41) is 0.776. The standard InChI is InChI=1S/C16H12F3NO3S/c1-9(13-8-10-4-2-3-5-12(10)23-13)20-24(21,22)14-7-6-11(17)15(18)16(14)19/h2-9,20H,1H3/t9-/m0/s1. The second kappa shape index (κ2) is 5.95. The average Bonchev–Trinajstić information content (AvgIpc) is 2.96. The Morgan fingerprint density at radius 3 is 2.46 bits per heavy atom. The Bertz CT molecular complexity index is 982. The second-order valence-corrected chi connectivity index (χ2v) is 6.89. The van der Waals surface area contributed by atoms with Crippen LogP contribution >= 0.6 is 0 Å². The van der Waals surface area contributed by atoms with Gasteiger partial charge in [0.2, 0.25) is 10.0 Å². The monoisotopic (exact) mass is 355 g/mol. The van der Waals surface area contributed by atoms with E-state index in [-0.39, 0.29) is 0 Å². The van der Waals surface area contributed by atoms with Crippen molar-refractivity contribution in [2.75, 3.05) is 0 Å². The lowest BCUT2D eigenvalue weighted by molar-refractivity contribution is 0.430. The third-order valence-electron chi connectivity index (χ3n) is 3.49. The summed E-state index contributed by atoms with van der Waals surface area (Å²) in [7, 11) is -4.41. The number of sulfonamides is 1. The molecule has 0 aliphatic rings. The van der Waals surface area contributed by atoms with Gasteiger partial charge in [0.25, 0.3) is 0 Å². The maximum atomic E-state index is 13.7. The van der Waals surface area contributed by atoms with E-state index in [9.17, 15) is 21.6 Å². The maximum Gasteiger partial charge on any atom is 0.244 e. The molecule has 1 atom stereocenters. The second-order valence-electron chi connectivity index (χ2n) is 5.20. The minimum Gasteiger partial charge on any atom is -0.459 e. The van der Waals surface area contributed by atoms with Crippen molar-refractivity contribution < 1.29 is 26.0 Å². The number of para-hydroxylation sites is 1. The molecule has 1 N–H and O–H groups in total. The summed E-state index contributed by atoms with van der Waals surface area (Å²) in [6.45, 7) is 1.49. The van der Waals surface area contributed by atoms with Crippen LogP contribution in [-0.2, 0) is 10.0 Å². The van der Waals surface area contributed by atoms with Crippen molar-refractivity contribution in [3.8, 4) is 0 Å².